The molecule has 0 aromatic heterocycles. The van der Waals surface area contributed by atoms with Crippen molar-refractivity contribution in [1.82, 2.24) is 4.72 Å². The minimum atomic E-state index is -3.68. The molecule has 0 fully saturated rings. The van der Waals surface area contributed by atoms with E-state index in [1.165, 1.54) is 12.1 Å². The summed E-state index contributed by atoms with van der Waals surface area (Å²) in [6, 6.07) is 6.09. The van der Waals surface area contributed by atoms with Crippen LogP contribution < -0.4 is 4.72 Å². The number of ether oxygens (including phenoxy) is 1. The fourth-order valence-corrected chi connectivity index (χ4v) is 2.87. The van der Waals surface area contributed by atoms with Crippen LogP contribution in [-0.4, -0.2) is 27.5 Å². The van der Waals surface area contributed by atoms with Gasteiger partial charge in [-0.05, 0) is 25.0 Å². The van der Waals surface area contributed by atoms with Gasteiger partial charge in [0.15, 0.2) is 0 Å². The summed E-state index contributed by atoms with van der Waals surface area (Å²) < 4.78 is 31.9. The third-order valence-corrected chi connectivity index (χ3v) is 4.18. The average Bonchev–Trinajstić information content (AvgIpc) is 2.45. The SMILES string of the molecule is CCCCNS(=O)(=O)c1ccccc1C(=O)OCCC. The number of rotatable bonds is 8. The highest BCUT2D eigenvalue weighted by atomic mass is 32.2. The summed E-state index contributed by atoms with van der Waals surface area (Å²) in [5, 5.41) is 0. The third kappa shape index (κ3) is 4.61. The Morgan fingerprint density at radius 2 is 1.90 bits per heavy atom. The van der Waals surface area contributed by atoms with E-state index in [2.05, 4.69) is 4.72 Å². The number of unbranched alkanes of at least 4 members (excludes halogenated alkanes) is 1. The van der Waals surface area contributed by atoms with Gasteiger partial charge in [0, 0.05) is 6.54 Å². The smallest absolute Gasteiger partial charge is 0.339 e. The fourth-order valence-electron chi connectivity index (χ4n) is 1.60. The molecule has 1 aromatic carbocycles. The second-order valence-corrected chi connectivity index (χ2v) is 6.12. The van der Waals surface area contributed by atoms with Gasteiger partial charge in [-0.15, -0.1) is 0 Å². The molecule has 0 unspecified atom stereocenters. The quantitative estimate of drug-likeness (QED) is 0.590. The summed E-state index contributed by atoms with van der Waals surface area (Å²) in [5.41, 5.74) is 0.0740. The first kappa shape index (κ1) is 16.7. The second kappa shape index (κ2) is 8.01. The topological polar surface area (TPSA) is 72.5 Å². The maximum atomic E-state index is 12.2. The molecule has 0 saturated carbocycles. The first-order chi connectivity index (χ1) is 9.53. The van der Waals surface area contributed by atoms with Gasteiger partial charge in [-0.25, -0.2) is 17.9 Å². The zero-order valence-corrected chi connectivity index (χ0v) is 12.7. The maximum absolute atomic E-state index is 12.2. The Labute approximate surface area is 120 Å². The van der Waals surface area contributed by atoms with Gasteiger partial charge in [0.25, 0.3) is 0 Å². The number of esters is 1. The number of carbonyl (C=O) groups is 1. The molecule has 1 rings (SSSR count). The van der Waals surface area contributed by atoms with Gasteiger partial charge in [-0.3, -0.25) is 0 Å². The summed E-state index contributed by atoms with van der Waals surface area (Å²) in [5.74, 6) is -0.608. The molecule has 0 aliphatic carbocycles. The van der Waals surface area contributed by atoms with E-state index < -0.39 is 16.0 Å². The van der Waals surface area contributed by atoms with Gasteiger partial charge in [0.2, 0.25) is 10.0 Å². The van der Waals surface area contributed by atoms with Crippen molar-refractivity contribution in [2.45, 2.75) is 38.0 Å². The van der Waals surface area contributed by atoms with Crippen molar-refractivity contribution in [3.63, 3.8) is 0 Å². The van der Waals surface area contributed by atoms with Crippen LogP contribution in [0.4, 0.5) is 0 Å². The van der Waals surface area contributed by atoms with E-state index in [0.717, 1.165) is 12.8 Å². The van der Waals surface area contributed by atoms with E-state index >= 15 is 0 Å². The lowest BCUT2D eigenvalue weighted by atomic mass is 10.2. The molecule has 0 aliphatic rings. The van der Waals surface area contributed by atoms with Crippen LogP contribution in [0.25, 0.3) is 0 Å². The molecule has 0 radical (unpaired) electrons. The van der Waals surface area contributed by atoms with Gasteiger partial charge in [-0.2, -0.15) is 0 Å². The summed E-state index contributed by atoms with van der Waals surface area (Å²) in [7, 11) is -3.68. The summed E-state index contributed by atoms with van der Waals surface area (Å²) in [4.78, 5) is 11.9. The Kier molecular flexibility index (Phi) is 6.67. The number of hydrogen-bond donors (Lipinski definition) is 1. The van der Waals surface area contributed by atoms with Crippen molar-refractivity contribution in [3.05, 3.63) is 29.8 Å². The Morgan fingerprint density at radius 3 is 2.55 bits per heavy atom. The minimum absolute atomic E-state index is 0.0304. The molecular formula is C14H21NO4S. The highest BCUT2D eigenvalue weighted by Crippen LogP contribution is 2.16. The van der Waals surface area contributed by atoms with E-state index in [0.29, 0.717) is 13.0 Å². The Bertz CT molecular complexity index is 540. The van der Waals surface area contributed by atoms with Crippen LogP contribution >= 0.6 is 0 Å². The maximum Gasteiger partial charge on any atom is 0.339 e. The first-order valence-electron chi connectivity index (χ1n) is 6.78. The molecule has 6 heteroatoms. The van der Waals surface area contributed by atoms with Crippen LogP contribution in [0, 0.1) is 0 Å². The van der Waals surface area contributed by atoms with Crippen molar-refractivity contribution in [3.8, 4) is 0 Å². The van der Waals surface area contributed by atoms with Crippen LogP contribution in [0.15, 0.2) is 29.2 Å². The molecule has 0 bridgehead atoms. The van der Waals surface area contributed by atoms with Crippen LogP contribution in [0.5, 0.6) is 0 Å². The molecule has 0 spiro atoms. The van der Waals surface area contributed by atoms with Gasteiger partial charge in [0.1, 0.15) is 0 Å². The lowest BCUT2D eigenvalue weighted by Gasteiger charge is -2.10. The van der Waals surface area contributed by atoms with Gasteiger partial charge in [0.05, 0.1) is 17.1 Å². The molecule has 112 valence electrons. The first-order valence-corrected chi connectivity index (χ1v) is 8.27. The van der Waals surface area contributed by atoms with Crippen LogP contribution in [0.1, 0.15) is 43.5 Å². The Morgan fingerprint density at radius 1 is 1.20 bits per heavy atom. The van der Waals surface area contributed by atoms with Crippen LogP contribution in [0.3, 0.4) is 0 Å². The van der Waals surface area contributed by atoms with E-state index in [-0.39, 0.29) is 17.1 Å². The zero-order chi connectivity index (χ0) is 15.0. The standard InChI is InChI=1S/C14H21NO4S/c1-3-5-10-15-20(17,18)13-9-7-6-8-12(13)14(16)19-11-4-2/h6-9,15H,3-5,10-11H2,1-2H3. The Balaban J connectivity index is 2.97. The number of benzene rings is 1. The highest BCUT2D eigenvalue weighted by Gasteiger charge is 2.22. The summed E-state index contributed by atoms with van der Waals surface area (Å²) in [6.45, 7) is 4.49. The molecule has 0 atom stereocenters. The van der Waals surface area contributed by atoms with Crippen molar-refractivity contribution in [2.75, 3.05) is 13.2 Å². The number of carbonyl (C=O) groups excluding carboxylic acids is 1. The molecule has 1 N–H and O–H groups in total. The Hall–Kier alpha value is -1.40. The van der Waals surface area contributed by atoms with Gasteiger partial charge in [-0.1, -0.05) is 32.4 Å². The molecule has 20 heavy (non-hydrogen) atoms. The highest BCUT2D eigenvalue weighted by molar-refractivity contribution is 7.89. The summed E-state index contributed by atoms with van der Waals surface area (Å²) >= 11 is 0. The summed E-state index contributed by atoms with van der Waals surface area (Å²) in [6.07, 6.45) is 2.33. The molecule has 0 amide bonds. The lowest BCUT2D eigenvalue weighted by molar-refractivity contribution is 0.0500. The van der Waals surface area contributed by atoms with E-state index in [4.69, 9.17) is 4.74 Å². The predicted molar refractivity (Wildman–Crippen MR) is 77.1 cm³/mol. The van der Waals surface area contributed by atoms with E-state index in [9.17, 15) is 13.2 Å². The van der Waals surface area contributed by atoms with Crippen molar-refractivity contribution in [1.29, 1.82) is 0 Å². The number of hydrogen-bond acceptors (Lipinski definition) is 4. The molecule has 5 nitrogen and oxygen atoms in total. The molecule has 0 aliphatic heterocycles. The third-order valence-electron chi connectivity index (χ3n) is 2.66. The molecule has 0 heterocycles. The second-order valence-electron chi connectivity index (χ2n) is 4.38. The van der Waals surface area contributed by atoms with Crippen LogP contribution in [0.2, 0.25) is 0 Å². The van der Waals surface area contributed by atoms with Crippen molar-refractivity contribution < 1.29 is 17.9 Å². The predicted octanol–water partition coefficient (Wildman–Crippen LogP) is 2.33. The van der Waals surface area contributed by atoms with Gasteiger partial charge >= 0.3 is 5.97 Å². The van der Waals surface area contributed by atoms with E-state index in [1.807, 2.05) is 13.8 Å². The minimum Gasteiger partial charge on any atom is -0.462 e. The zero-order valence-electron chi connectivity index (χ0n) is 11.9. The molecule has 0 saturated heterocycles. The lowest BCUT2D eigenvalue weighted by Crippen LogP contribution is -2.26. The number of sulfonamides is 1. The monoisotopic (exact) mass is 299 g/mol. The van der Waals surface area contributed by atoms with Gasteiger partial charge < -0.3 is 4.74 Å². The normalized spacial score (nSPS) is 11.3. The van der Waals surface area contributed by atoms with Crippen molar-refractivity contribution >= 4 is 16.0 Å². The molecule has 1 aromatic rings. The molecular weight excluding hydrogens is 278 g/mol. The number of nitrogens with one attached hydrogen (secondary N) is 1. The largest absolute Gasteiger partial charge is 0.462 e. The van der Waals surface area contributed by atoms with E-state index in [1.54, 1.807) is 12.1 Å². The van der Waals surface area contributed by atoms with Crippen LogP contribution in [-0.2, 0) is 14.8 Å². The average molecular weight is 299 g/mol. The fraction of sp³-hybridized carbons (Fsp3) is 0.500. The van der Waals surface area contributed by atoms with Crippen molar-refractivity contribution in [2.24, 2.45) is 0 Å².